The minimum atomic E-state index is -3.04. The Balaban J connectivity index is 1.37. The van der Waals surface area contributed by atoms with Gasteiger partial charge < -0.3 is 15.5 Å². The number of hydrogen-bond acceptors (Lipinski definition) is 6. The van der Waals surface area contributed by atoms with Crippen molar-refractivity contribution in [3.8, 4) is 0 Å². The van der Waals surface area contributed by atoms with Gasteiger partial charge in [0.05, 0.1) is 23.1 Å². The van der Waals surface area contributed by atoms with Crippen molar-refractivity contribution in [2.75, 3.05) is 37.7 Å². The summed E-state index contributed by atoms with van der Waals surface area (Å²) in [6.45, 7) is 4.07. The number of nitrogens with one attached hydrogen (secondary N) is 2. The predicted molar refractivity (Wildman–Crippen MR) is 156 cm³/mol. The van der Waals surface area contributed by atoms with Crippen molar-refractivity contribution >= 4 is 21.7 Å². The van der Waals surface area contributed by atoms with Crippen LogP contribution in [0.1, 0.15) is 36.9 Å². The number of rotatable bonds is 8. The van der Waals surface area contributed by atoms with E-state index in [1.165, 1.54) is 0 Å². The average Bonchev–Trinajstić information content (AvgIpc) is 3.31. The number of amides is 2. The summed E-state index contributed by atoms with van der Waals surface area (Å²) in [7, 11) is -3.04. The molecular formula is C31H38N4O4S. The SMILES string of the molecule is CC1C=CC(C(=O)N2CCN(C(c3ccccc3)c3ccccc3)C(CNC(=O)CC3CCS(=O)(=O)C3)C2)=CN1. The van der Waals surface area contributed by atoms with Crippen molar-refractivity contribution in [2.24, 2.45) is 5.92 Å². The second kappa shape index (κ2) is 12.4. The van der Waals surface area contributed by atoms with Gasteiger partial charge in [0, 0.05) is 50.9 Å². The van der Waals surface area contributed by atoms with E-state index in [1.54, 1.807) is 6.20 Å². The first-order chi connectivity index (χ1) is 19.3. The molecule has 2 saturated heterocycles. The van der Waals surface area contributed by atoms with E-state index in [1.807, 2.05) is 60.4 Å². The highest BCUT2D eigenvalue weighted by molar-refractivity contribution is 7.91. The van der Waals surface area contributed by atoms with E-state index in [4.69, 9.17) is 0 Å². The molecule has 3 atom stereocenters. The maximum Gasteiger partial charge on any atom is 0.255 e. The lowest BCUT2D eigenvalue weighted by Crippen LogP contribution is -2.59. The first-order valence-corrected chi connectivity index (χ1v) is 15.9. The Morgan fingerprint density at radius 2 is 1.70 bits per heavy atom. The molecule has 0 aromatic heterocycles. The minimum absolute atomic E-state index is 0.0289. The number of carbonyl (C=O) groups excluding carboxylic acids is 2. The number of nitrogens with zero attached hydrogens (tertiary/aromatic N) is 2. The Bertz CT molecular complexity index is 1320. The van der Waals surface area contributed by atoms with Crippen LogP contribution in [-0.4, -0.2) is 79.8 Å². The summed E-state index contributed by atoms with van der Waals surface area (Å²) in [4.78, 5) is 30.6. The van der Waals surface area contributed by atoms with Gasteiger partial charge in [-0.25, -0.2) is 8.42 Å². The fraction of sp³-hybridized carbons (Fsp3) is 0.419. The number of hydrogen-bond donors (Lipinski definition) is 2. The molecule has 2 N–H and O–H groups in total. The molecule has 0 radical (unpaired) electrons. The highest BCUT2D eigenvalue weighted by Gasteiger charge is 2.36. The lowest BCUT2D eigenvalue weighted by Gasteiger charge is -2.46. The van der Waals surface area contributed by atoms with Crippen LogP contribution < -0.4 is 10.6 Å². The fourth-order valence-electron chi connectivity index (χ4n) is 5.91. The van der Waals surface area contributed by atoms with Crippen LogP contribution in [0.4, 0.5) is 0 Å². The van der Waals surface area contributed by atoms with Gasteiger partial charge in [0.25, 0.3) is 5.91 Å². The van der Waals surface area contributed by atoms with Crippen molar-refractivity contribution < 1.29 is 18.0 Å². The Kier molecular flexibility index (Phi) is 8.71. The van der Waals surface area contributed by atoms with E-state index in [-0.39, 0.29) is 53.8 Å². The standard InChI is InChI=1S/C31H38N4O4S/c1-23-12-13-27(19-32-23)31(37)34-15-16-35(30(25-8-4-2-5-9-25)26-10-6-3-7-11-26)28(21-34)20-33-29(36)18-24-14-17-40(38,39)22-24/h2-13,19,23-24,28,30,32H,14-18,20-22H2,1H3,(H,33,36). The van der Waals surface area contributed by atoms with Crippen molar-refractivity contribution in [3.05, 3.63) is 95.7 Å². The number of carbonyl (C=O) groups is 2. The van der Waals surface area contributed by atoms with Crippen molar-refractivity contribution in [1.82, 2.24) is 20.4 Å². The highest BCUT2D eigenvalue weighted by Crippen LogP contribution is 2.32. The van der Waals surface area contributed by atoms with Crippen LogP contribution in [0.25, 0.3) is 0 Å². The largest absolute Gasteiger partial charge is 0.384 e. The van der Waals surface area contributed by atoms with Crippen LogP contribution in [0.15, 0.2) is 84.6 Å². The van der Waals surface area contributed by atoms with E-state index in [2.05, 4.69) is 39.8 Å². The Morgan fingerprint density at radius 3 is 2.27 bits per heavy atom. The van der Waals surface area contributed by atoms with Crippen LogP contribution in [0.5, 0.6) is 0 Å². The average molecular weight is 563 g/mol. The van der Waals surface area contributed by atoms with Gasteiger partial charge in [-0.3, -0.25) is 14.5 Å². The molecule has 2 fully saturated rings. The van der Waals surface area contributed by atoms with Crippen molar-refractivity contribution in [1.29, 1.82) is 0 Å². The van der Waals surface area contributed by atoms with Gasteiger partial charge in [-0.05, 0) is 36.5 Å². The Morgan fingerprint density at radius 1 is 1.02 bits per heavy atom. The zero-order chi connectivity index (χ0) is 28.1. The number of piperazine rings is 1. The van der Waals surface area contributed by atoms with Gasteiger partial charge >= 0.3 is 0 Å². The molecule has 3 heterocycles. The van der Waals surface area contributed by atoms with Crippen molar-refractivity contribution in [3.63, 3.8) is 0 Å². The molecule has 2 amide bonds. The third kappa shape index (κ3) is 6.82. The molecule has 0 saturated carbocycles. The molecule has 0 bridgehead atoms. The van der Waals surface area contributed by atoms with Gasteiger partial charge in [0.15, 0.2) is 9.84 Å². The second-order valence-electron chi connectivity index (χ2n) is 11.1. The summed E-state index contributed by atoms with van der Waals surface area (Å²) in [6.07, 6.45) is 6.37. The zero-order valence-electron chi connectivity index (χ0n) is 22.9. The van der Waals surface area contributed by atoms with Gasteiger partial charge in [-0.1, -0.05) is 66.7 Å². The molecule has 2 aromatic carbocycles. The molecule has 3 aliphatic heterocycles. The first kappa shape index (κ1) is 28.1. The molecule has 5 rings (SSSR count). The molecule has 2 aromatic rings. The number of benzene rings is 2. The summed E-state index contributed by atoms with van der Waals surface area (Å²) in [5.41, 5.74) is 2.92. The van der Waals surface area contributed by atoms with E-state index in [0.29, 0.717) is 38.2 Å². The quantitative estimate of drug-likeness (QED) is 0.514. The van der Waals surface area contributed by atoms with Gasteiger partial charge in [0.2, 0.25) is 5.91 Å². The summed E-state index contributed by atoms with van der Waals surface area (Å²) in [5, 5.41) is 6.29. The van der Waals surface area contributed by atoms with E-state index in [9.17, 15) is 18.0 Å². The van der Waals surface area contributed by atoms with Crippen LogP contribution in [0.3, 0.4) is 0 Å². The predicted octanol–water partition coefficient (Wildman–Crippen LogP) is 2.66. The fourth-order valence-corrected chi connectivity index (χ4v) is 7.77. The smallest absolute Gasteiger partial charge is 0.255 e. The first-order valence-electron chi connectivity index (χ1n) is 14.1. The molecule has 40 heavy (non-hydrogen) atoms. The molecule has 0 aliphatic carbocycles. The summed E-state index contributed by atoms with van der Waals surface area (Å²) in [6, 6.07) is 20.6. The van der Waals surface area contributed by atoms with Gasteiger partial charge in [-0.2, -0.15) is 0 Å². The lowest BCUT2D eigenvalue weighted by molar-refractivity contribution is -0.130. The maximum absolute atomic E-state index is 13.5. The van der Waals surface area contributed by atoms with Gasteiger partial charge in [0.1, 0.15) is 0 Å². The second-order valence-corrected chi connectivity index (χ2v) is 13.3. The third-order valence-corrected chi connectivity index (χ3v) is 9.86. The summed E-state index contributed by atoms with van der Waals surface area (Å²) < 4.78 is 23.7. The summed E-state index contributed by atoms with van der Waals surface area (Å²) in [5.74, 6) is -0.0627. The van der Waals surface area contributed by atoms with Gasteiger partial charge in [-0.15, -0.1) is 0 Å². The van der Waals surface area contributed by atoms with E-state index < -0.39 is 9.84 Å². The molecule has 212 valence electrons. The van der Waals surface area contributed by atoms with Crippen LogP contribution in [0, 0.1) is 5.92 Å². The molecule has 3 aliphatic rings. The van der Waals surface area contributed by atoms with E-state index >= 15 is 0 Å². The number of sulfone groups is 1. The third-order valence-electron chi connectivity index (χ3n) is 8.03. The van der Waals surface area contributed by atoms with E-state index in [0.717, 1.165) is 11.1 Å². The van der Waals surface area contributed by atoms with Crippen LogP contribution in [-0.2, 0) is 19.4 Å². The summed E-state index contributed by atoms with van der Waals surface area (Å²) >= 11 is 0. The molecule has 8 nitrogen and oxygen atoms in total. The maximum atomic E-state index is 13.5. The molecule has 9 heteroatoms. The lowest BCUT2D eigenvalue weighted by atomic mass is 9.94. The molecular weight excluding hydrogens is 524 g/mol. The zero-order valence-corrected chi connectivity index (χ0v) is 23.7. The monoisotopic (exact) mass is 562 g/mol. The topological polar surface area (TPSA) is 98.8 Å². The normalized spacial score (nSPS) is 24.4. The minimum Gasteiger partial charge on any atom is -0.384 e. The molecule has 0 spiro atoms. The Labute approximate surface area is 237 Å². The van der Waals surface area contributed by atoms with Crippen LogP contribution >= 0.6 is 0 Å². The number of dihydropyridines is 1. The Hall–Kier alpha value is -3.43. The molecule has 3 unspecified atom stereocenters. The van der Waals surface area contributed by atoms with Crippen LogP contribution in [0.2, 0.25) is 0 Å². The van der Waals surface area contributed by atoms with Crippen molar-refractivity contribution in [2.45, 2.75) is 37.9 Å². The highest BCUT2D eigenvalue weighted by atomic mass is 32.2.